The van der Waals surface area contributed by atoms with Gasteiger partial charge in [0.05, 0.1) is 5.02 Å². The number of aromatic nitrogens is 2. The zero-order chi connectivity index (χ0) is 19.7. The molecule has 1 aromatic heterocycles. The van der Waals surface area contributed by atoms with Gasteiger partial charge in [-0.25, -0.2) is 12.8 Å². The van der Waals surface area contributed by atoms with Gasteiger partial charge in [-0.05, 0) is 18.2 Å². The lowest BCUT2D eigenvalue weighted by atomic mass is 10.2. The fourth-order valence-electron chi connectivity index (χ4n) is 3.00. The quantitative estimate of drug-likeness (QED) is 0.623. The van der Waals surface area contributed by atoms with Crippen LogP contribution in [0, 0.1) is 5.82 Å². The van der Waals surface area contributed by atoms with Gasteiger partial charge in [0.1, 0.15) is 10.7 Å². The molecule has 0 atom stereocenters. The van der Waals surface area contributed by atoms with Crippen LogP contribution in [0.4, 0.5) is 9.52 Å². The Labute approximate surface area is 171 Å². The predicted molar refractivity (Wildman–Crippen MR) is 108 cm³/mol. The molecule has 1 fully saturated rings. The van der Waals surface area contributed by atoms with Crippen LogP contribution in [-0.4, -0.2) is 49.1 Å². The van der Waals surface area contributed by atoms with E-state index in [1.807, 2.05) is 23.1 Å². The fourth-order valence-corrected chi connectivity index (χ4v) is 5.70. The van der Waals surface area contributed by atoms with Crippen LogP contribution in [0.15, 0.2) is 53.4 Å². The standard InChI is InChI=1S/C18H16ClFN4O2S2/c19-14-6-2-1-5-13(14)17-21-22-18(27-17)23-9-11-24(12-10-23)28(25,26)16-8-4-3-7-15(16)20/h1-8H,9-12H2. The molecule has 0 unspecified atom stereocenters. The van der Waals surface area contributed by atoms with Gasteiger partial charge in [-0.2, -0.15) is 4.31 Å². The molecule has 0 N–H and O–H groups in total. The molecule has 0 aliphatic carbocycles. The summed E-state index contributed by atoms with van der Waals surface area (Å²) in [5.41, 5.74) is 0.814. The molecule has 1 aliphatic rings. The summed E-state index contributed by atoms with van der Waals surface area (Å²) < 4.78 is 40.6. The van der Waals surface area contributed by atoms with Crippen LogP contribution in [0.25, 0.3) is 10.6 Å². The molecule has 2 aromatic carbocycles. The highest BCUT2D eigenvalue weighted by molar-refractivity contribution is 7.89. The largest absolute Gasteiger partial charge is 0.344 e. The smallest absolute Gasteiger partial charge is 0.246 e. The molecule has 0 spiro atoms. The van der Waals surface area contributed by atoms with Gasteiger partial charge >= 0.3 is 0 Å². The van der Waals surface area contributed by atoms with Crippen molar-refractivity contribution in [2.75, 3.05) is 31.1 Å². The van der Waals surface area contributed by atoms with Gasteiger partial charge in [0.2, 0.25) is 15.2 Å². The molecule has 3 aromatic rings. The molecule has 1 saturated heterocycles. The zero-order valence-corrected chi connectivity index (χ0v) is 17.0. The van der Waals surface area contributed by atoms with Gasteiger partial charge in [-0.1, -0.05) is 53.3 Å². The van der Waals surface area contributed by atoms with Crippen molar-refractivity contribution < 1.29 is 12.8 Å². The third-order valence-corrected chi connectivity index (χ3v) is 7.76. The monoisotopic (exact) mass is 438 g/mol. The molecule has 6 nitrogen and oxygen atoms in total. The first-order valence-corrected chi connectivity index (χ1v) is 11.2. The molecule has 2 heterocycles. The van der Waals surface area contributed by atoms with E-state index < -0.39 is 15.8 Å². The van der Waals surface area contributed by atoms with Crippen molar-refractivity contribution in [3.05, 3.63) is 59.4 Å². The molecule has 28 heavy (non-hydrogen) atoms. The maximum absolute atomic E-state index is 13.9. The third kappa shape index (κ3) is 3.62. The van der Waals surface area contributed by atoms with E-state index in [-0.39, 0.29) is 18.0 Å². The number of sulfonamides is 1. The van der Waals surface area contributed by atoms with Crippen molar-refractivity contribution in [3.8, 4) is 10.6 Å². The van der Waals surface area contributed by atoms with E-state index in [0.29, 0.717) is 28.3 Å². The van der Waals surface area contributed by atoms with Crippen molar-refractivity contribution in [2.45, 2.75) is 4.90 Å². The number of piperazine rings is 1. The lowest BCUT2D eigenvalue weighted by Crippen LogP contribution is -2.48. The number of benzene rings is 2. The Balaban J connectivity index is 1.48. The highest BCUT2D eigenvalue weighted by atomic mass is 35.5. The number of halogens is 2. The topological polar surface area (TPSA) is 66.4 Å². The number of anilines is 1. The molecular weight excluding hydrogens is 423 g/mol. The summed E-state index contributed by atoms with van der Waals surface area (Å²) in [5, 5.41) is 10.5. The van der Waals surface area contributed by atoms with Gasteiger partial charge in [0.25, 0.3) is 0 Å². The van der Waals surface area contributed by atoms with Crippen LogP contribution in [0.5, 0.6) is 0 Å². The normalized spacial score (nSPS) is 15.7. The number of hydrogen-bond donors (Lipinski definition) is 0. The van der Waals surface area contributed by atoms with Gasteiger partial charge in [-0.15, -0.1) is 10.2 Å². The van der Waals surface area contributed by atoms with E-state index in [1.54, 1.807) is 6.07 Å². The first-order valence-electron chi connectivity index (χ1n) is 8.55. The first-order chi connectivity index (χ1) is 13.5. The molecule has 146 valence electrons. The highest BCUT2D eigenvalue weighted by Crippen LogP contribution is 2.33. The van der Waals surface area contributed by atoms with E-state index in [9.17, 15) is 12.8 Å². The number of rotatable bonds is 4. The summed E-state index contributed by atoms with van der Waals surface area (Å²) in [6.45, 7) is 1.39. The van der Waals surface area contributed by atoms with E-state index in [4.69, 9.17) is 11.6 Å². The lowest BCUT2D eigenvalue weighted by molar-refractivity contribution is 0.382. The Morgan fingerprint density at radius 3 is 2.36 bits per heavy atom. The van der Waals surface area contributed by atoms with E-state index >= 15 is 0 Å². The molecule has 10 heteroatoms. The van der Waals surface area contributed by atoms with Crippen molar-refractivity contribution in [1.82, 2.24) is 14.5 Å². The SMILES string of the molecule is O=S(=O)(c1ccccc1F)N1CCN(c2nnc(-c3ccccc3Cl)s2)CC1. The van der Waals surface area contributed by atoms with Crippen LogP contribution in [0.3, 0.4) is 0 Å². The summed E-state index contributed by atoms with van der Waals surface area (Å²) in [5.74, 6) is -0.738. The number of nitrogens with zero attached hydrogens (tertiary/aromatic N) is 4. The van der Waals surface area contributed by atoms with Gasteiger partial charge < -0.3 is 4.90 Å². The van der Waals surface area contributed by atoms with Crippen LogP contribution in [-0.2, 0) is 10.0 Å². The first kappa shape index (κ1) is 19.3. The van der Waals surface area contributed by atoms with E-state index in [0.717, 1.165) is 11.6 Å². The van der Waals surface area contributed by atoms with Gasteiger partial charge in [-0.3, -0.25) is 0 Å². The lowest BCUT2D eigenvalue weighted by Gasteiger charge is -2.33. The Hall–Kier alpha value is -2.07. The molecule has 0 saturated carbocycles. The molecule has 4 rings (SSSR count). The van der Waals surface area contributed by atoms with Crippen molar-refractivity contribution >= 4 is 38.1 Å². The molecule has 0 amide bonds. The van der Waals surface area contributed by atoms with E-state index in [2.05, 4.69) is 10.2 Å². The average molecular weight is 439 g/mol. The second-order valence-electron chi connectivity index (χ2n) is 6.19. The second kappa shape index (κ2) is 7.75. The van der Waals surface area contributed by atoms with Gasteiger partial charge in [0, 0.05) is 31.7 Å². The Morgan fingerprint density at radius 1 is 0.964 bits per heavy atom. The summed E-state index contributed by atoms with van der Waals surface area (Å²) in [7, 11) is -3.86. The van der Waals surface area contributed by atoms with Crippen LogP contribution in [0.1, 0.15) is 0 Å². The summed E-state index contributed by atoms with van der Waals surface area (Å²) >= 11 is 7.62. The average Bonchev–Trinajstić information content (AvgIpc) is 3.18. The highest BCUT2D eigenvalue weighted by Gasteiger charge is 2.31. The van der Waals surface area contributed by atoms with Crippen LogP contribution in [0.2, 0.25) is 5.02 Å². The minimum absolute atomic E-state index is 0.248. The zero-order valence-electron chi connectivity index (χ0n) is 14.6. The number of hydrogen-bond acceptors (Lipinski definition) is 6. The minimum Gasteiger partial charge on any atom is -0.344 e. The molecular formula is C18H16ClFN4O2S2. The van der Waals surface area contributed by atoms with Crippen molar-refractivity contribution in [1.29, 1.82) is 0 Å². The third-order valence-electron chi connectivity index (χ3n) is 4.48. The second-order valence-corrected chi connectivity index (χ2v) is 9.46. The van der Waals surface area contributed by atoms with Crippen molar-refractivity contribution in [3.63, 3.8) is 0 Å². The predicted octanol–water partition coefficient (Wildman–Crippen LogP) is 3.51. The summed E-state index contributed by atoms with van der Waals surface area (Å²) in [6.07, 6.45) is 0. The Morgan fingerprint density at radius 2 is 1.64 bits per heavy atom. The van der Waals surface area contributed by atoms with E-state index in [1.165, 1.54) is 33.8 Å². The maximum Gasteiger partial charge on any atom is 0.246 e. The minimum atomic E-state index is -3.86. The fraction of sp³-hybridized carbons (Fsp3) is 0.222. The molecule has 1 aliphatic heterocycles. The Kier molecular flexibility index (Phi) is 5.33. The molecule has 0 radical (unpaired) electrons. The van der Waals surface area contributed by atoms with Crippen LogP contribution >= 0.6 is 22.9 Å². The summed E-state index contributed by atoms with van der Waals surface area (Å²) in [4.78, 5) is 1.69. The summed E-state index contributed by atoms with van der Waals surface area (Å²) in [6, 6.07) is 12.8. The van der Waals surface area contributed by atoms with Crippen LogP contribution < -0.4 is 4.90 Å². The van der Waals surface area contributed by atoms with Gasteiger partial charge in [0.15, 0.2) is 5.01 Å². The van der Waals surface area contributed by atoms with Crippen molar-refractivity contribution in [2.24, 2.45) is 0 Å². The molecule has 0 bridgehead atoms. The maximum atomic E-state index is 13.9. The Bertz CT molecular complexity index is 1100.